The molecule has 2 aliphatic heterocycles. The van der Waals surface area contributed by atoms with E-state index in [2.05, 4.69) is 35.5 Å². The Labute approximate surface area is 254 Å². The lowest BCUT2D eigenvalue weighted by molar-refractivity contribution is -0.0361. The number of rotatable bonds is 9. The van der Waals surface area contributed by atoms with Gasteiger partial charge in [0.15, 0.2) is 17.2 Å². The number of para-hydroxylation sites is 2. The molecule has 0 bridgehead atoms. The van der Waals surface area contributed by atoms with E-state index < -0.39 is 6.23 Å². The third-order valence-electron chi connectivity index (χ3n) is 7.56. The van der Waals surface area contributed by atoms with Crippen molar-refractivity contribution in [2.75, 3.05) is 63.8 Å². The van der Waals surface area contributed by atoms with Crippen LogP contribution in [0.1, 0.15) is 18.7 Å². The molecule has 2 fully saturated rings. The van der Waals surface area contributed by atoms with Crippen LogP contribution in [0.3, 0.4) is 0 Å². The van der Waals surface area contributed by atoms with Crippen LogP contribution in [0.25, 0.3) is 11.0 Å². The fraction of sp³-hybridized carbons (Fsp3) is 0.414. The molecular formula is C29H36ClN9O4. The molecular weight excluding hydrogens is 574 g/mol. The second-order valence-electron chi connectivity index (χ2n) is 10.4. The lowest BCUT2D eigenvalue weighted by Crippen LogP contribution is -2.56. The molecule has 14 heteroatoms. The van der Waals surface area contributed by atoms with Gasteiger partial charge in [0.2, 0.25) is 11.8 Å². The first-order chi connectivity index (χ1) is 21.0. The molecule has 1 unspecified atom stereocenters. The summed E-state index contributed by atoms with van der Waals surface area (Å²) in [6.07, 6.45) is 1.24. The van der Waals surface area contributed by atoms with Gasteiger partial charge in [0.1, 0.15) is 17.9 Å². The maximum atomic E-state index is 9.95. The minimum atomic E-state index is -0.452. The number of ether oxygens (including phenoxy) is 3. The largest absolute Gasteiger partial charge is 0.493 e. The van der Waals surface area contributed by atoms with Gasteiger partial charge in [0, 0.05) is 50.9 Å². The van der Waals surface area contributed by atoms with Crippen molar-refractivity contribution in [1.29, 1.82) is 0 Å². The molecule has 0 aliphatic carbocycles. The highest BCUT2D eigenvalue weighted by atomic mass is 35.5. The lowest BCUT2D eigenvalue weighted by Gasteiger charge is -2.40. The summed E-state index contributed by atoms with van der Waals surface area (Å²) in [4.78, 5) is 19.8. The number of hydrogen-bond acceptors (Lipinski definition) is 12. The van der Waals surface area contributed by atoms with Gasteiger partial charge in [-0.05, 0) is 25.0 Å². The van der Waals surface area contributed by atoms with E-state index in [-0.39, 0.29) is 0 Å². The van der Waals surface area contributed by atoms with E-state index in [4.69, 9.17) is 35.8 Å². The molecule has 0 amide bonds. The standard InChI is InChI=1S/C29H36ClN9O4/c1-41-23-14-19(30)22(15-24(23)42-2)43-28-16-25(31-17-26-33-20-6-3-4-7-21(20)34-26)35-29(36-28)37-10-12-38(13-11-37)39-9-5-8-27(40)32-18-39/h3-4,6-7,14-16,27,32,40H,5,8-13,17-18H2,1-2H3,(H,33,34)(H,31,35,36). The number of imidazole rings is 1. The minimum Gasteiger partial charge on any atom is -0.493 e. The van der Waals surface area contributed by atoms with Crippen molar-refractivity contribution in [1.82, 2.24) is 35.3 Å². The molecule has 43 heavy (non-hydrogen) atoms. The van der Waals surface area contributed by atoms with Crippen LogP contribution < -0.4 is 29.7 Å². The van der Waals surface area contributed by atoms with Gasteiger partial charge >= 0.3 is 0 Å². The number of nitrogens with zero attached hydrogens (tertiary/aromatic N) is 6. The van der Waals surface area contributed by atoms with Gasteiger partial charge in [-0.2, -0.15) is 9.97 Å². The van der Waals surface area contributed by atoms with Crippen LogP contribution in [0.15, 0.2) is 42.5 Å². The molecule has 2 aliphatic rings. The monoisotopic (exact) mass is 609 g/mol. The van der Waals surface area contributed by atoms with Crippen molar-refractivity contribution >= 4 is 34.4 Å². The number of nitrogens with one attached hydrogen (secondary N) is 3. The van der Waals surface area contributed by atoms with Crippen LogP contribution in [0.4, 0.5) is 11.8 Å². The maximum absolute atomic E-state index is 9.95. The Morgan fingerprint density at radius 2 is 1.74 bits per heavy atom. The SMILES string of the molecule is COc1cc(Cl)c(Oc2cc(NCc3nc4ccccc4[nH]3)nc(N3CCN(N4CCCC(O)NC4)CC3)n2)cc1OC. The van der Waals surface area contributed by atoms with E-state index in [1.807, 2.05) is 24.3 Å². The van der Waals surface area contributed by atoms with Gasteiger partial charge in [0.25, 0.3) is 0 Å². The first kappa shape index (κ1) is 29.2. The van der Waals surface area contributed by atoms with Crippen molar-refractivity contribution in [2.45, 2.75) is 25.6 Å². The van der Waals surface area contributed by atoms with Crippen molar-refractivity contribution in [2.24, 2.45) is 0 Å². The topological polar surface area (TPSA) is 136 Å². The number of benzene rings is 2. The normalized spacial score (nSPS) is 18.4. The molecule has 4 aromatic rings. The molecule has 2 aromatic carbocycles. The fourth-order valence-electron chi connectivity index (χ4n) is 5.27. The number of anilines is 2. The van der Waals surface area contributed by atoms with E-state index in [0.717, 1.165) is 62.4 Å². The molecule has 0 radical (unpaired) electrons. The van der Waals surface area contributed by atoms with Gasteiger partial charge in [-0.15, -0.1) is 0 Å². The second kappa shape index (κ2) is 13.2. The smallest absolute Gasteiger partial charge is 0.230 e. The molecule has 6 rings (SSSR count). The Morgan fingerprint density at radius 1 is 0.953 bits per heavy atom. The molecule has 4 N–H and O–H groups in total. The minimum absolute atomic E-state index is 0.333. The number of hydrazine groups is 1. The molecule has 1 atom stereocenters. The number of piperazine rings is 1. The summed E-state index contributed by atoms with van der Waals surface area (Å²) < 4.78 is 17.0. The highest BCUT2D eigenvalue weighted by Crippen LogP contribution is 2.39. The summed E-state index contributed by atoms with van der Waals surface area (Å²) in [7, 11) is 3.11. The highest BCUT2D eigenvalue weighted by molar-refractivity contribution is 6.32. The molecule has 2 aromatic heterocycles. The number of fused-ring (bicyclic) bond motifs is 1. The van der Waals surface area contributed by atoms with Crippen LogP contribution in [-0.4, -0.2) is 94.9 Å². The Balaban J connectivity index is 1.22. The number of H-pyrrole nitrogens is 1. The van der Waals surface area contributed by atoms with Crippen molar-refractivity contribution in [3.8, 4) is 23.1 Å². The molecule has 228 valence electrons. The molecule has 2 saturated heterocycles. The number of aromatic amines is 1. The van der Waals surface area contributed by atoms with Crippen LogP contribution in [0.2, 0.25) is 5.02 Å². The summed E-state index contributed by atoms with van der Waals surface area (Å²) >= 11 is 6.53. The first-order valence-electron chi connectivity index (χ1n) is 14.3. The van der Waals surface area contributed by atoms with Gasteiger partial charge < -0.3 is 34.5 Å². The van der Waals surface area contributed by atoms with E-state index in [1.54, 1.807) is 32.4 Å². The predicted molar refractivity (Wildman–Crippen MR) is 164 cm³/mol. The molecule has 4 heterocycles. The molecule has 0 spiro atoms. The van der Waals surface area contributed by atoms with Crippen molar-refractivity contribution < 1.29 is 19.3 Å². The summed E-state index contributed by atoms with van der Waals surface area (Å²) in [6.45, 7) is 5.02. The Bertz CT molecular complexity index is 1510. The van der Waals surface area contributed by atoms with Crippen LogP contribution in [0, 0.1) is 0 Å². The van der Waals surface area contributed by atoms with Gasteiger partial charge in [-0.1, -0.05) is 23.7 Å². The van der Waals surface area contributed by atoms with Crippen molar-refractivity contribution in [3.63, 3.8) is 0 Å². The number of aliphatic hydroxyl groups excluding tert-OH is 1. The predicted octanol–water partition coefficient (Wildman–Crippen LogP) is 3.43. The molecule has 0 saturated carbocycles. The van der Waals surface area contributed by atoms with E-state index in [0.29, 0.717) is 53.1 Å². The third-order valence-corrected chi connectivity index (χ3v) is 7.86. The number of hydrogen-bond donors (Lipinski definition) is 4. The van der Waals surface area contributed by atoms with E-state index in [1.165, 1.54) is 0 Å². The Kier molecular flexibility index (Phi) is 8.95. The Morgan fingerprint density at radius 3 is 2.53 bits per heavy atom. The number of halogens is 1. The summed E-state index contributed by atoms with van der Waals surface area (Å²) in [5, 5.41) is 21.5. The zero-order chi connectivity index (χ0) is 29.8. The Hall–Kier alpha value is -3.88. The van der Waals surface area contributed by atoms with Gasteiger partial charge in [0.05, 0.1) is 43.5 Å². The zero-order valence-corrected chi connectivity index (χ0v) is 25.0. The van der Waals surface area contributed by atoms with Gasteiger partial charge in [-0.3, -0.25) is 5.32 Å². The average Bonchev–Trinajstić information content (AvgIpc) is 3.33. The molecule has 13 nitrogen and oxygen atoms in total. The lowest BCUT2D eigenvalue weighted by atomic mass is 10.3. The van der Waals surface area contributed by atoms with Crippen LogP contribution in [-0.2, 0) is 6.54 Å². The highest BCUT2D eigenvalue weighted by Gasteiger charge is 2.26. The van der Waals surface area contributed by atoms with E-state index >= 15 is 0 Å². The van der Waals surface area contributed by atoms with Crippen LogP contribution in [0.5, 0.6) is 23.1 Å². The zero-order valence-electron chi connectivity index (χ0n) is 24.2. The maximum Gasteiger partial charge on any atom is 0.230 e. The van der Waals surface area contributed by atoms with Crippen LogP contribution >= 0.6 is 11.6 Å². The quantitative estimate of drug-likeness (QED) is 0.221. The fourth-order valence-corrected chi connectivity index (χ4v) is 5.46. The summed E-state index contributed by atoms with van der Waals surface area (Å²) in [6, 6.07) is 13.0. The van der Waals surface area contributed by atoms with Crippen molar-refractivity contribution in [3.05, 3.63) is 53.3 Å². The number of aliphatic hydroxyl groups is 1. The third kappa shape index (κ3) is 6.86. The summed E-state index contributed by atoms with van der Waals surface area (Å²) in [5.41, 5.74) is 1.88. The average molecular weight is 610 g/mol. The first-order valence-corrected chi connectivity index (χ1v) is 14.7. The van der Waals surface area contributed by atoms with Gasteiger partial charge in [-0.25, -0.2) is 15.0 Å². The van der Waals surface area contributed by atoms with E-state index in [9.17, 15) is 5.11 Å². The summed E-state index contributed by atoms with van der Waals surface area (Å²) in [5.74, 6) is 3.63. The number of aromatic nitrogens is 4. The number of methoxy groups -OCH3 is 2. The second-order valence-corrected chi connectivity index (χ2v) is 10.8.